The van der Waals surface area contributed by atoms with Crippen LogP contribution in [0, 0.1) is 0 Å². The Kier molecular flexibility index (Phi) is 5.48. The minimum absolute atomic E-state index is 0.0460. The van der Waals surface area contributed by atoms with Crippen molar-refractivity contribution in [1.29, 1.82) is 0 Å². The Hall–Kier alpha value is -1.71. The second kappa shape index (κ2) is 7.34. The summed E-state index contributed by atoms with van der Waals surface area (Å²) in [4.78, 5) is 11.9. The molecule has 1 atom stereocenters. The highest BCUT2D eigenvalue weighted by atomic mass is 35.5. The first-order valence-corrected chi connectivity index (χ1v) is 7.35. The fourth-order valence-corrected chi connectivity index (χ4v) is 2.28. The van der Waals surface area contributed by atoms with Crippen molar-refractivity contribution in [3.05, 3.63) is 64.1 Å². The lowest BCUT2D eigenvalue weighted by atomic mass is 10.1. The second-order valence-electron chi connectivity index (χ2n) is 4.68. The number of carbonyl (C=O) groups excluding carboxylic acids is 1. The third kappa shape index (κ3) is 4.66. The van der Waals surface area contributed by atoms with Crippen molar-refractivity contribution in [2.75, 3.05) is 11.9 Å². The molecule has 0 aliphatic carbocycles. The zero-order valence-electron chi connectivity index (χ0n) is 11.6. The molecule has 3 nitrogen and oxygen atoms in total. The van der Waals surface area contributed by atoms with Gasteiger partial charge in [-0.05, 0) is 30.7 Å². The normalized spacial score (nSPS) is 11.8. The molecule has 1 amide bonds. The van der Waals surface area contributed by atoms with E-state index < -0.39 is 0 Å². The van der Waals surface area contributed by atoms with E-state index in [2.05, 4.69) is 10.6 Å². The van der Waals surface area contributed by atoms with Gasteiger partial charge in [0.15, 0.2) is 0 Å². The van der Waals surface area contributed by atoms with Crippen molar-refractivity contribution >= 4 is 34.8 Å². The number of amides is 1. The van der Waals surface area contributed by atoms with E-state index in [9.17, 15) is 4.79 Å². The Balaban J connectivity index is 1.89. The number of hydrogen-bond donors (Lipinski definition) is 2. The van der Waals surface area contributed by atoms with Crippen LogP contribution in [0.4, 0.5) is 5.69 Å². The van der Waals surface area contributed by atoms with Gasteiger partial charge in [0.1, 0.15) is 0 Å². The minimum Gasteiger partial charge on any atom is -0.375 e. The fourth-order valence-electron chi connectivity index (χ4n) is 1.93. The smallest absolute Gasteiger partial charge is 0.239 e. The van der Waals surface area contributed by atoms with Crippen LogP contribution in [0.1, 0.15) is 18.5 Å². The molecule has 0 aliphatic rings. The van der Waals surface area contributed by atoms with Gasteiger partial charge in [-0.2, -0.15) is 0 Å². The number of halogens is 2. The number of anilines is 1. The maximum Gasteiger partial charge on any atom is 0.239 e. The minimum atomic E-state index is -0.109. The summed E-state index contributed by atoms with van der Waals surface area (Å²) in [5.74, 6) is -0.109. The average molecular weight is 323 g/mol. The maximum atomic E-state index is 11.9. The predicted molar refractivity (Wildman–Crippen MR) is 88.0 cm³/mol. The summed E-state index contributed by atoms with van der Waals surface area (Å²) < 4.78 is 0. The van der Waals surface area contributed by atoms with Crippen LogP contribution >= 0.6 is 23.2 Å². The van der Waals surface area contributed by atoms with Gasteiger partial charge in [0.05, 0.1) is 23.3 Å². The molecule has 2 N–H and O–H groups in total. The summed E-state index contributed by atoms with van der Waals surface area (Å²) in [6.07, 6.45) is 0. The van der Waals surface area contributed by atoms with Crippen LogP contribution in [0.3, 0.4) is 0 Å². The zero-order valence-corrected chi connectivity index (χ0v) is 13.1. The molecule has 0 saturated carbocycles. The quantitative estimate of drug-likeness (QED) is 0.862. The van der Waals surface area contributed by atoms with Crippen molar-refractivity contribution in [2.45, 2.75) is 13.0 Å². The molecule has 0 bridgehead atoms. The van der Waals surface area contributed by atoms with Gasteiger partial charge in [-0.25, -0.2) is 0 Å². The van der Waals surface area contributed by atoms with Gasteiger partial charge in [0, 0.05) is 5.02 Å². The summed E-state index contributed by atoms with van der Waals surface area (Å²) >= 11 is 11.9. The van der Waals surface area contributed by atoms with Crippen molar-refractivity contribution in [3.8, 4) is 0 Å². The van der Waals surface area contributed by atoms with Crippen LogP contribution in [-0.2, 0) is 4.79 Å². The van der Waals surface area contributed by atoms with E-state index in [4.69, 9.17) is 23.2 Å². The molecular formula is C16H16Cl2N2O. The standard InChI is InChI=1S/C16H16Cl2N2O/c1-11(12-5-3-2-4-6-12)20-16(21)10-19-15-9-13(17)7-8-14(15)18/h2-9,11,19H,10H2,1H3,(H,20,21). The first-order valence-electron chi connectivity index (χ1n) is 6.59. The first-order chi connectivity index (χ1) is 10.1. The summed E-state index contributed by atoms with van der Waals surface area (Å²) in [5.41, 5.74) is 1.71. The third-order valence-electron chi connectivity index (χ3n) is 3.04. The van der Waals surface area contributed by atoms with Gasteiger partial charge in [-0.3, -0.25) is 4.79 Å². The molecule has 0 aliphatic heterocycles. The van der Waals surface area contributed by atoms with Crippen molar-refractivity contribution < 1.29 is 4.79 Å². The highest BCUT2D eigenvalue weighted by Gasteiger charge is 2.09. The zero-order chi connectivity index (χ0) is 15.2. The Labute approximate surface area is 134 Å². The Bertz CT molecular complexity index is 617. The molecule has 1 unspecified atom stereocenters. The lowest BCUT2D eigenvalue weighted by Crippen LogP contribution is -2.32. The Morgan fingerprint density at radius 1 is 1.14 bits per heavy atom. The molecule has 21 heavy (non-hydrogen) atoms. The maximum absolute atomic E-state index is 11.9. The number of rotatable bonds is 5. The molecule has 2 rings (SSSR count). The van der Waals surface area contributed by atoms with Gasteiger partial charge in [-0.1, -0.05) is 53.5 Å². The molecule has 0 aromatic heterocycles. The van der Waals surface area contributed by atoms with E-state index in [1.54, 1.807) is 18.2 Å². The number of benzene rings is 2. The lowest BCUT2D eigenvalue weighted by Gasteiger charge is -2.15. The van der Waals surface area contributed by atoms with Crippen LogP contribution < -0.4 is 10.6 Å². The highest BCUT2D eigenvalue weighted by molar-refractivity contribution is 6.35. The van der Waals surface area contributed by atoms with Crippen molar-refractivity contribution in [2.24, 2.45) is 0 Å². The van der Waals surface area contributed by atoms with Gasteiger partial charge in [0.25, 0.3) is 0 Å². The van der Waals surface area contributed by atoms with E-state index in [1.165, 1.54) is 0 Å². The van der Waals surface area contributed by atoms with Gasteiger partial charge < -0.3 is 10.6 Å². The molecule has 0 heterocycles. The lowest BCUT2D eigenvalue weighted by molar-refractivity contribution is -0.120. The Morgan fingerprint density at radius 2 is 1.86 bits per heavy atom. The summed E-state index contributed by atoms with van der Waals surface area (Å²) in [5, 5.41) is 7.01. The van der Waals surface area contributed by atoms with E-state index in [-0.39, 0.29) is 18.5 Å². The average Bonchev–Trinajstić information content (AvgIpc) is 2.49. The monoisotopic (exact) mass is 322 g/mol. The van der Waals surface area contributed by atoms with Gasteiger partial charge in [0.2, 0.25) is 5.91 Å². The number of nitrogens with one attached hydrogen (secondary N) is 2. The molecule has 0 fully saturated rings. The van der Waals surface area contributed by atoms with E-state index >= 15 is 0 Å². The van der Waals surface area contributed by atoms with Gasteiger partial charge >= 0.3 is 0 Å². The van der Waals surface area contributed by atoms with Crippen LogP contribution in [0.5, 0.6) is 0 Å². The van der Waals surface area contributed by atoms with E-state index in [0.717, 1.165) is 5.56 Å². The van der Waals surface area contributed by atoms with Crippen molar-refractivity contribution in [1.82, 2.24) is 5.32 Å². The van der Waals surface area contributed by atoms with Crippen LogP contribution in [0.2, 0.25) is 10.0 Å². The SMILES string of the molecule is CC(NC(=O)CNc1cc(Cl)ccc1Cl)c1ccccc1. The predicted octanol–water partition coefficient (Wildman–Crippen LogP) is 4.28. The van der Waals surface area contributed by atoms with Gasteiger partial charge in [-0.15, -0.1) is 0 Å². The van der Waals surface area contributed by atoms with E-state index in [1.807, 2.05) is 37.3 Å². The van der Waals surface area contributed by atoms with Crippen LogP contribution in [0.25, 0.3) is 0 Å². The molecule has 0 spiro atoms. The molecule has 0 radical (unpaired) electrons. The molecule has 0 saturated heterocycles. The summed E-state index contributed by atoms with van der Waals surface area (Å²) in [6.45, 7) is 2.08. The first kappa shape index (κ1) is 15.7. The highest BCUT2D eigenvalue weighted by Crippen LogP contribution is 2.25. The Morgan fingerprint density at radius 3 is 2.57 bits per heavy atom. The van der Waals surface area contributed by atoms with E-state index in [0.29, 0.717) is 15.7 Å². The molecular weight excluding hydrogens is 307 g/mol. The topological polar surface area (TPSA) is 41.1 Å². The number of hydrogen-bond acceptors (Lipinski definition) is 2. The van der Waals surface area contributed by atoms with Crippen LogP contribution in [0.15, 0.2) is 48.5 Å². The second-order valence-corrected chi connectivity index (χ2v) is 5.52. The summed E-state index contributed by atoms with van der Waals surface area (Å²) in [7, 11) is 0. The fraction of sp³-hybridized carbons (Fsp3) is 0.188. The molecule has 5 heteroatoms. The molecule has 110 valence electrons. The molecule has 2 aromatic rings. The largest absolute Gasteiger partial charge is 0.375 e. The molecule has 2 aromatic carbocycles. The van der Waals surface area contributed by atoms with Crippen molar-refractivity contribution in [3.63, 3.8) is 0 Å². The van der Waals surface area contributed by atoms with Crippen LogP contribution in [-0.4, -0.2) is 12.5 Å². The number of carbonyl (C=O) groups is 1. The summed E-state index contributed by atoms with van der Waals surface area (Å²) in [6, 6.07) is 14.8. The third-order valence-corrected chi connectivity index (χ3v) is 3.61.